The third-order valence-corrected chi connectivity index (χ3v) is 3.24. The molecule has 1 rings (SSSR count). The van der Waals surface area contributed by atoms with Crippen LogP contribution >= 0.6 is 34.2 Å². The summed E-state index contributed by atoms with van der Waals surface area (Å²) < 4.78 is 0. The van der Waals surface area contributed by atoms with Crippen molar-refractivity contribution >= 4 is 34.2 Å². The van der Waals surface area contributed by atoms with E-state index in [0.29, 0.717) is 0 Å². The smallest absolute Gasteiger partial charge is 0.0267 e. The Morgan fingerprint density at radius 3 is 3.00 bits per heavy atom. The Morgan fingerprint density at radius 1 is 1.86 bits per heavy atom. The van der Waals surface area contributed by atoms with Crippen molar-refractivity contribution in [2.45, 2.75) is 0 Å². The summed E-state index contributed by atoms with van der Waals surface area (Å²) in [5, 5.41) is 2.18. The number of thiol groups is 1. The van der Waals surface area contributed by atoms with E-state index < -0.39 is 0 Å². The van der Waals surface area contributed by atoms with E-state index in [-0.39, 0.29) is 0 Å². The molecule has 0 nitrogen and oxygen atoms in total. The molecule has 0 fully saturated rings. The Labute approximate surface area is 56.9 Å². The predicted molar refractivity (Wildman–Crippen MR) is 42.0 cm³/mol. The number of rotatable bonds is 1. The molecule has 0 spiro atoms. The van der Waals surface area contributed by atoms with Gasteiger partial charge in [-0.25, -0.2) is 0 Å². The highest BCUT2D eigenvalue weighted by Gasteiger charge is 2.01. The summed E-state index contributed by atoms with van der Waals surface area (Å²) in [6.45, 7) is 0. The first kappa shape index (κ1) is 5.92. The van der Waals surface area contributed by atoms with Crippen molar-refractivity contribution in [3.63, 3.8) is 0 Å². The summed E-state index contributed by atoms with van der Waals surface area (Å²) in [5.41, 5.74) is 1.46. The zero-order valence-electron chi connectivity index (χ0n) is 3.76. The number of hydrogen-bond acceptors (Lipinski definition) is 3. The van der Waals surface area contributed by atoms with E-state index in [1.165, 1.54) is 11.3 Å². The van der Waals surface area contributed by atoms with Gasteiger partial charge in [0, 0.05) is 11.5 Å². The maximum Gasteiger partial charge on any atom is 0.0267 e. The van der Waals surface area contributed by atoms with Crippen LogP contribution in [0.2, 0.25) is 0 Å². The summed E-state index contributed by atoms with van der Waals surface area (Å²) in [7, 11) is 3.69. The molecule has 3 heteroatoms. The van der Waals surface area contributed by atoms with E-state index in [2.05, 4.69) is 18.0 Å². The highest BCUT2D eigenvalue weighted by atomic mass is 33.1. The van der Waals surface area contributed by atoms with Gasteiger partial charge >= 0.3 is 0 Å². The molecule has 0 saturated heterocycles. The first-order valence-corrected chi connectivity index (χ1v) is 5.02. The van der Waals surface area contributed by atoms with Crippen molar-refractivity contribution in [2.24, 2.45) is 0 Å². The Morgan fingerprint density at radius 2 is 2.71 bits per heavy atom. The normalized spacial score (nSPS) is 19.9. The molecule has 40 valence electrons. The summed E-state index contributed by atoms with van der Waals surface area (Å²) in [6, 6.07) is 0. The fourth-order valence-corrected chi connectivity index (χ4v) is 2.96. The molecule has 0 aromatic carbocycles. The zero-order chi connectivity index (χ0) is 5.11. The van der Waals surface area contributed by atoms with Gasteiger partial charge in [0.2, 0.25) is 0 Å². The lowest BCUT2D eigenvalue weighted by Crippen LogP contribution is -1.79. The molecule has 0 aliphatic carbocycles. The molecule has 1 aliphatic rings. The molecule has 1 heterocycles. The van der Waals surface area contributed by atoms with Gasteiger partial charge in [-0.15, -0.1) is 0 Å². The third-order valence-electron chi connectivity index (χ3n) is 0.730. The van der Waals surface area contributed by atoms with Gasteiger partial charge in [-0.05, 0) is 11.0 Å². The van der Waals surface area contributed by atoms with Crippen molar-refractivity contribution in [1.82, 2.24) is 0 Å². The van der Waals surface area contributed by atoms with Crippen LogP contribution in [0.3, 0.4) is 0 Å². The van der Waals surface area contributed by atoms with Crippen LogP contribution in [-0.2, 0) is 0 Å². The molecule has 0 saturated carbocycles. The van der Waals surface area contributed by atoms with Crippen molar-refractivity contribution in [3.05, 3.63) is 11.0 Å². The molecule has 0 atom stereocenters. The van der Waals surface area contributed by atoms with Gasteiger partial charge in [0.05, 0.1) is 0 Å². The second-order valence-corrected chi connectivity index (χ2v) is 3.85. The van der Waals surface area contributed by atoms with Gasteiger partial charge in [-0.1, -0.05) is 21.6 Å². The van der Waals surface area contributed by atoms with Crippen LogP contribution in [0.15, 0.2) is 11.0 Å². The first-order valence-electron chi connectivity index (χ1n) is 2.00. The quantitative estimate of drug-likeness (QED) is 0.449. The Hall–Kier alpha value is 0.790. The van der Waals surface area contributed by atoms with Gasteiger partial charge < -0.3 is 0 Å². The second-order valence-electron chi connectivity index (χ2n) is 1.29. The molecule has 0 aromatic heterocycles. The molecule has 0 amide bonds. The van der Waals surface area contributed by atoms with Gasteiger partial charge in [-0.2, -0.15) is 12.6 Å². The van der Waals surface area contributed by atoms with Crippen LogP contribution in [0.1, 0.15) is 0 Å². The van der Waals surface area contributed by atoms with Crippen LogP contribution in [0.25, 0.3) is 0 Å². The van der Waals surface area contributed by atoms with E-state index in [0.717, 1.165) is 5.75 Å². The van der Waals surface area contributed by atoms with E-state index in [1.54, 1.807) is 0 Å². The topological polar surface area (TPSA) is 0 Å². The zero-order valence-corrected chi connectivity index (χ0v) is 6.28. The fourth-order valence-electron chi connectivity index (χ4n) is 0.329. The van der Waals surface area contributed by atoms with Crippen molar-refractivity contribution in [1.29, 1.82) is 0 Å². The van der Waals surface area contributed by atoms with Crippen molar-refractivity contribution < 1.29 is 0 Å². The van der Waals surface area contributed by atoms with Crippen LogP contribution in [0, 0.1) is 0 Å². The fraction of sp³-hybridized carbons (Fsp3) is 0.500. The van der Waals surface area contributed by atoms with Crippen molar-refractivity contribution in [3.8, 4) is 0 Å². The minimum absolute atomic E-state index is 0.931. The van der Waals surface area contributed by atoms with Gasteiger partial charge in [0.1, 0.15) is 0 Å². The Kier molecular flexibility index (Phi) is 2.49. The second kappa shape index (κ2) is 2.95. The molecule has 7 heavy (non-hydrogen) atoms. The van der Waals surface area contributed by atoms with Gasteiger partial charge in [0.25, 0.3) is 0 Å². The average Bonchev–Trinajstić information content (AvgIpc) is 2.14. The summed E-state index contributed by atoms with van der Waals surface area (Å²) in [4.78, 5) is 0. The van der Waals surface area contributed by atoms with Gasteiger partial charge in [-0.3, -0.25) is 0 Å². The van der Waals surface area contributed by atoms with Crippen LogP contribution in [0.5, 0.6) is 0 Å². The van der Waals surface area contributed by atoms with Crippen LogP contribution in [0.4, 0.5) is 0 Å². The SMILES string of the molecule is SCC1=CSSC1. The first-order chi connectivity index (χ1) is 3.43. The lowest BCUT2D eigenvalue weighted by molar-refractivity contribution is 1.47. The van der Waals surface area contributed by atoms with Crippen LogP contribution < -0.4 is 0 Å². The average molecular weight is 150 g/mol. The lowest BCUT2D eigenvalue weighted by atomic mass is 10.4. The van der Waals surface area contributed by atoms with Crippen molar-refractivity contribution in [2.75, 3.05) is 11.5 Å². The highest BCUT2D eigenvalue weighted by molar-refractivity contribution is 8.78. The van der Waals surface area contributed by atoms with Gasteiger partial charge in [0.15, 0.2) is 0 Å². The van der Waals surface area contributed by atoms with E-state index in [4.69, 9.17) is 0 Å². The maximum absolute atomic E-state index is 4.12. The standard InChI is InChI=1S/C4H6S3/c5-1-4-2-6-7-3-4/h2,5H,1,3H2. The Bertz CT molecular complexity index is 86.9. The highest BCUT2D eigenvalue weighted by Crippen LogP contribution is 2.33. The predicted octanol–water partition coefficient (Wildman–Crippen LogP) is 2.20. The third kappa shape index (κ3) is 1.63. The minimum Gasteiger partial charge on any atom is -0.175 e. The molecular weight excluding hydrogens is 144 g/mol. The van der Waals surface area contributed by atoms with E-state index >= 15 is 0 Å². The van der Waals surface area contributed by atoms with E-state index in [1.807, 2.05) is 21.6 Å². The number of hydrogen-bond donors (Lipinski definition) is 1. The molecule has 1 aliphatic heterocycles. The summed E-state index contributed by atoms with van der Waals surface area (Å²) in [5.74, 6) is 2.11. The maximum atomic E-state index is 4.12. The molecule has 0 unspecified atom stereocenters. The molecular formula is C4H6S3. The molecule has 0 aromatic rings. The molecule has 0 bridgehead atoms. The largest absolute Gasteiger partial charge is 0.175 e. The molecule has 0 radical (unpaired) electrons. The van der Waals surface area contributed by atoms with Crippen LogP contribution in [-0.4, -0.2) is 11.5 Å². The molecule has 0 N–H and O–H groups in total. The summed E-state index contributed by atoms with van der Waals surface area (Å²) in [6.07, 6.45) is 0. The summed E-state index contributed by atoms with van der Waals surface area (Å²) >= 11 is 4.12. The monoisotopic (exact) mass is 150 g/mol. The minimum atomic E-state index is 0.931. The van der Waals surface area contributed by atoms with E-state index in [9.17, 15) is 0 Å². The lowest BCUT2D eigenvalue weighted by Gasteiger charge is -1.86. The Balaban J connectivity index is 2.36.